The highest BCUT2D eigenvalue weighted by atomic mass is 16.3. The first kappa shape index (κ1) is 10.2. The van der Waals surface area contributed by atoms with Crippen LogP contribution < -0.4 is 5.32 Å². The van der Waals surface area contributed by atoms with Gasteiger partial charge in [0, 0.05) is 12.6 Å². The number of amides is 1. The number of aliphatic hydroxyl groups excluding tert-OH is 1. The zero-order chi connectivity index (χ0) is 8.85. The lowest BCUT2D eigenvalue weighted by Gasteiger charge is -2.03. The van der Waals surface area contributed by atoms with Crippen LogP contribution in [0.25, 0.3) is 0 Å². The molecule has 0 spiro atoms. The number of nitrogens with one attached hydrogen (secondary N) is 1. The van der Waals surface area contributed by atoms with E-state index in [2.05, 4.69) is 5.32 Å². The zero-order valence-corrected chi connectivity index (χ0v) is 7.22. The molecule has 0 saturated heterocycles. The van der Waals surface area contributed by atoms with Gasteiger partial charge in [0.25, 0.3) is 0 Å². The van der Waals surface area contributed by atoms with Gasteiger partial charge in [-0.1, -0.05) is 5.57 Å². The molecule has 1 amide bonds. The predicted molar refractivity (Wildman–Crippen MR) is 44.1 cm³/mol. The summed E-state index contributed by atoms with van der Waals surface area (Å²) in [6.07, 6.45) is 1.02. The second kappa shape index (κ2) is 4.91. The van der Waals surface area contributed by atoms with Crippen molar-refractivity contribution in [2.45, 2.75) is 26.9 Å². The third-order valence-electron chi connectivity index (χ3n) is 0.991. The Kier molecular flexibility index (Phi) is 4.54. The van der Waals surface area contributed by atoms with Gasteiger partial charge in [-0.3, -0.25) is 4.79 Å². The summed E-state index contributed by atoms with van der Waals surface area (Å²) in [7, 11) is 0. The van der Waals surface area contributed by atoms with Crippen molar-refractivity contribution < 1.29 is 9.90 Å². The fourth-order valence-corrected chi connectivity index (χ4v) is 0.562. The van der Waals surface area contributed by atoms with Crippen molar-refractivity contribution in [3.8, 4) is 0 Å². The summed E-state index contributed by atoms with van der Waals surface area (Å²) < 4.78 is 0. The monoisotopic (exact) mass is 157 g/mol. The number of allylic oxidation sites excluding steroid dienone is 1. The van der Waals surface area contributed by atoms with E-state index in [0.29, 0.717) is 6.54 Å². The molecule has 0 aliphatic carbocycles. The minimum Gasteiger partial charge on any atom is -0.392 e. The lowest BCUT2D eigenvalue weighted by atomic mass is 10.3. The van der Waals surface area contributed by atoms with Crippen LogP contribution in [0.2, 0.25) is 0 Å². The van der Waals surface area contributed by atoms with E-state index < -0.39 is 6.10 Å². The van der Waals surface area contributed by atoms with Crippen molar-refractivity contribution in [2.24, 2.45) is 0 Å². The first-order valence-corrected chi connectivity index (χ1v) is 3.63. The maximum Gasteiger partial charge on any atom is 0.244 e. The molecule has 2 N–H and O–H groups in total. The van der Waals surface area contributed by atoms with E-state index in [4.69, 9.17) is 5.11 Å². The van der Waals surface area contributed by atoms with E-state index in [1.165, 1.54) is 6.08 Å². The molecule has 0 fully saturated rings. The average Bonchev–Trinajstić information content (AvgIpc) is 1.82. The zero-order valence-electron chi connectivity index (χ0n) is 7.22. The van der Waals surface area contributed by atoms with E-state index in [1.54, 1.807) is 6.92 Å². The topological polar surface area (TPSA) is 49.3 Å². The molecule has 1 atom stereocenters. The second-order valence-electron chi connectivity index (χ2n) is 2.82. The maximum atomic E-state index is 10.9. The third kappa shape index (κ3) is 7.06. The van der Waals surface area contributed by atoms with Gasteiger partial charge in [0.2, 0.25) is 5.91 Å². The lowest BCUT2D eigenvalue weighted by Crippen LogP contribution is -2.29. The number of hydrogen-bond acceptors (Lipinski definition) is 2. The van der Waals surface area contributed by atoms with Crippen LogP contribution in [0, 0.1) is 0 Å². The van der Waals surface area contributed by atoms with Crippen molar-refractivity contribution in [3.63, 3.8) is 0 Å². The summed E-state index contributed by atoms with van der Waals surface area (Å²) >= 11 is 0. The van der Waals surface area contributed by atoms with E-state index in [-0.39, 0.29) is 5.91 Å². The van der Waals surface area contributed by atoms with E-state index in [0.717, 1.165) is 5.57 Å². The fraction of sp³-hybridized carbons (Fsp3) is 0.625. The number of rotatable bonds is 3. The van der Waals surface area contributed by atoms with Crippen molar-refractivity contribution in [1.29, 1.82) is 0 Å². The number of aliphatic hydroxyl groups is 1. The highest BCUT2D eigenvalue weighted by molar-refractivity contribution is 5.87. The summed E-state index contributed by atoms with van der Waals surface area (Å²) in [6.45, 7) is 5.63. The smallest absolute Gasteiger partial charge is 0.244 e. The van der Waals surface area contributed by atoms with Crippen LogP contribution in [0.4, 0.5) is 0 Å². The lowest BCUT2D eigenvalue weighted by molar-refractivity contribution is -0.116. The Morgan fingerprint density at radius 2 is 2.18 bits per heavy atom. The molecule has 0 aliphatic heterocycles. The molecule has 0 saturated carbocycles. The molecular formula is C8H15NO2. The fourth-order valence-electron chi connectivity index (χ4n) is 0.562. The van der Waals surface area contributed by atoms with Crippen molar-refractivity contribution in [1.82, 2.24) is 5.32 Å². The second-order valence-corrected chi connectivity index (χ2v) is 2.82. The normalized spacial score (nSPS) is 12.0. The Labute approximate surface area is 67.1 Å². The standard InChI is InChI=1S/C8H15NO2/c1-6(2)4-8(11)9-5-7(3)10/h4,7,10H,5H2,1-3H3,(H,9,11). The molecule has 11 heavy (non-hydrogen) atoms. The summed E-state index contributed by atoms with van der Waals surface area (Å²) in [4.78, 5) is 10.9. The largest absolute Gasteiger partial charge is 0.392 e. The van der Waals surface area contributed by atoms with Gasteiger partial charge >= 0.3 is 0 Å². The Morgan fingerprint density at radius 1 is 1.64 bits per heavy atom. The van der Waals surface area contributed by atoms with Crippen LogP contribution >= 0.6 is 0 Å². The number of carbonyl (C=O) groups is 1. The molecule has 3 nitrogen and oxygen atoms in total. The van der Waals surface area contributed by atoms with Gasteiger partial charge in [-0.2, -0.15) is 0 Å². The van der Waals surface area contributed by atoms with E-state index in [1.807, 2.05) is 13.8 Å². The molecule has 0 aromatic carbocycles. The summed E-state index contributed by atoms with van der Waals surface area (Å²) in [5.41, 5.74) is 0.952. The van der Waals surface area contributed by atoms with Gasteiger partial charge in [-0.05, 0) is 20.8 Å². The first-order chi connectivity index (χ1) is 5.02. The van der Waals surface area contributed by atoms with Crippen LogP contribution in [-0.2, 0) is 4.79 Å². The van der Waals surface area contributed by atoms with E-state index in [9.17, 15) is 4.79 Å². The quantitative estimate of drug-likeness (QED) is 0.584. The molecule has 0 bridgehead atoms. The minimum atomic E-state index is -0.482. The molecule has 1 unspecified atom stereocenters. The highest BCUT2D eigenvalue weighted by Gasteiger charge is 1.97. The van der Waals surface area contributed by atoms with Crippen molar-refractivity contribution in [2.75, 3.05) is 6.54 Å². The first-order valence-electron chi connectivity index (χ1n) is 3.63. The Hall–Kier alpha value is -0.830. The van der Waals surface area contributed by atoms with Crippen LogP contribution in [0.15, 0.2) is 11.6 Å². The van der Waals surface area contributed by atoms with Crippen molar-refractivity contribution >= 4 is 5.91 Å². The number of hydrogen-bond donors (Lipinski definition) is 2. The van der Waals surface area contributed by atoms with Crippen LogP contribution in [0.3, 0.4) is 0 Å². The molecular weight excluding hydrogens is 142 g/mol. The Bertz CT molecular complexity index is 157. The van der Waals surface area contributed by atoms with Gasteiger partial charge in [0.1, 0.15) is 0 Å². The van der Waals surface area contributed by atoms with Gasteiger partial charge in [0.05, 0.1) is 6.10 Å². The van der Waals surface area contributed by atoms with E-state index >= 15 is 0 Å². The maximum absolute atomic E-state index is 10.9. The number of carbonyl (C=O) groups excluding carboxylic acids is 1. The Balaban J connectivity index is 3.63. The third-order valence-corrected chi connectivity index (χ3v) is 0.991. The molecule has 64 valence electrons. The predicted octanol–water partition coefficient (Wildman–Crippen LogP) is 0.450. The molecule has 0 aromatic heterocycles. The molecule has 3 heteroatoms. The highest BCUT2D eigenvalue weighted by Crippen LogP contribution is 1.87. The van der Waals surface area contributed by atoms with Crippen LogP contribution in [0.1, 0.15) is 20.8 Å². The van der Waals surface area contributed by atoms with Crippen LogP contribution in [0.5, 0.6) is 0 Å². The van der Waals surface area contributed by atoms with Crippen LogP contribution in [-0.4, -0.2) is 23.7 Å². The molecule has 0 heterocycles. The minimum absolute atomic E-state index is 0.147. The molecule has 0 rings (SSSR count). The molecule has 0 aliphatic rings. The Morgan fingerprint density at radius 3 is 2.55 bits per heavy atom. The van der Waals surface area contributed by atoms with Crippen molar-refractivity contribution in [3.05, 3.63) is 11.6 Å². The van der Waals surface area contributed by atoms with Gasteiger partial charge < -0.3 is 10.4 Å². The summed E-state index contributed by atoms with van der Waals surface area (Å²) in [5, 5.41) is 11.3. The summed E-state index contributed by atoms with van der Waals surface area (Å²) in [6, 6.07) is 0. The SMILES string of the molecule is CC(C)=CC(=O)NCC(C)O. The van der Waals surface area contributed by atoms with Gasteiger partial charge in [0.15, 0.2) is 0 Å². The average molecular weight is 157 g/mol. The molecule has 0 aromatic rings. The summed E-state index contributed by atoms with van der Waals surface area (Å²) in [5.74, 6) is -0.147. The molecule has 0 radical (unpaired) electrons. The van der Waals surface area contributed by atoms with Gasteiger partial charge in [-0.15, -0.1) is 0 Å². The van der Waals surface area contributed by atoms with Gasteiger partial charge in [-0.25, -0.2) is 0 Å².